The van der Waals surface area contributed by atoms with E-state index in [1.54, 1.807) is 7.11 Å². The fourth-order valence-corrected chi connectivity index (χ4v) is 2.05. The Hall–Kier alpha value is -1.44. The highest BCUT2D eigenvalue weighted by atomic mass is 16.5. The molecule has 0 saturated carbocycles. The lowest BCUT2D eigenvalue weighted by molar-refractivity contribution is 0.310. The fourth-order valence-electron chi connectivity index (χ4n) is 2.05. The zero-order chi connectivity index (χ0) is 13.4. The average Bonchev–Trinajstić information content (AvgIpc) is 2.41. The van der Waals surface area contributed by atoms with Gasteiger partial charge in [0.05, 0.1) is 13.7 Å². The molecule has 0 bridgehead atoms. The van der Waals surface area contributed by atoms with Crippen molar-refractivity contribution in [3.8, 4) is 11.5 Å². The largest absolute Gasteiger partial charge is 0.493 e. The van der Waals surface area contributed by atoms with Gasteiger partial charge in [0.15, 0.2) is 11.5 Å². The predicted molar refractivity (Wildman–Crippen MR) is 76.6 cm³/mol. The monoisotopic (exact) mass is 248 g/mol. The first-order valence-corrected chi connectivity index (χ1v) is 6.68. The van der Waals surface area contributed by atoms with Gasteiger partial charge in [-0.05, 0) is 50.3 Å². The number of ether oxygens (including phenoxy) is 2. The molecule has 1 atom stereocenters. The molecule has 0 spiro atoms. The van der Waals surface area contributed by atoms with Crippen molar-refractivity contribution in [2.45, 2.75) is 39.5 Å². The lowest BCUT2D eigenvalue weighted by Gasteiger charge is -2.16. The fraction of sp³-hybridized carbons (Fsp3) is 0.500. The molecule has 1 unspecified atom stereocenters. The summed E-state index contributed by atoms with van der Waals surface area (Å²) in [7, 11) is 1.69. The predicted octanol–water partition coefficient (Wildman–Crippen LogP) is 4.55. The molecule has 100 valence electrons. The lowest BCUT2D eigenvalue weighted by atomic mass is 9.93. The van der Waals surface area contributed by atoms with Crippen LogP contribution in [0.2, 0.25) is 0 Å². The molecular formula is C16H24O2. The summed E-state index contributed by atoms with van der Waals surface area (Å²) in [6.07, 6.45) is 6.52. The summed E-state index contributed by atoms with van der Waals surface area (Å²) < 4.78 is 10.9. The Kier molecular flexibility index (Phi) is 6.34. The Morgan fingerprint density at radius 3 is 2.56 bits per heavy atom. The third kappa shape index (κ3) is 3.80. The summed E-state index contributed by atoms with van der Waals surface area (Å²) in [5.74, 6) is 2.20. The van der Waals surface area contributed by atoms with Gasteiger partial charge in [0.1, 0.15) is 0 Å². The smallest absolute Gasteiger partial charge is 0.161 e. The molecule has 0 N–H and O–H groups in total. The first kappa shape index (κ1) is 14.6. The Morgan fingerprint density at radius 1 is 1.22 bits per heavy atom. The highest BCUT2D eigenvalue weighted by molar-refractivity contribution is 5.44. The summed E-state index contributed by atoms with van der Waals surface area (Å²) in [6.45, 7) is 6.92. The van der Waals surface area contributed by atoms with E-state index in [1.165, 1.54) is 5.56 Å². The van der Waals surface area contributed by atoms with Gasteiger partial charge in [-0.25, -0.2) is 0 Å². The van der Waals surface area contributed by atoms with Crippen molar-refractivity contribution in [2.24, 2.45) is 0 Å². The van der Waals surface area contributed by atoms with E-state index < -0.39 is 0 Å². The Morgan fingerprint density at radius 2 is 2.00 bits per heavy atom. The molecule has 0 saturated heterocycles. The number of allylic oxidation sites excluding steroid dienone is 2. The number of benzene rings is 1. The maximum Gasteiger partial charge on any atom is 0.161 e. The number of methoxy groups -OCH3 is 1. The molecule has 0 aliphatic heterocycles. The third-order valence-corrected chi connectivity index (χ3v) is 3.11. The van der Waals surface area contributed by atoms with Crippen LogP contribution in [0.4, 0.5) is 0 Å². The van der Waals surface area contributed by atoms with Gasteiger partial charge >= 0.3 is 0 Å². The second-order valence-corrected chi connectivity index (χ2v) is 4.25. The van der Waals surface area contributed by atoms with Crippen molar-refractivity contribution in [1.29, 1.82) is 0 Å². The first-order chi connectivity index (χ1) is 8.76. The molecule has 2 nitrogen and oxygen atoms in total. The zero-order valence-corrected chi connectivity index (χ0v) is 11.9. The highest BCUT2D eigenvalue weighted by Crippen LogP contribution is 2.33. The van der Waals surface area contributed by atoms with Crippen LogP contribution >= 0.6 is 0 Å². The number of rotatable bonds is 7. The summed E-state index contributed by atoms with van der Waals surface area (Å²) >= 11 is 0. The number of hydrogen-bond donors (Lipinski definition) is 0. The molecule has 1 rings (SSSR count). The van der Waals surface area contributed by atoms with E-state index in [4.69, 9.17) is 9.47 Å². The number of hydrogen-bond acceptors (Lipinski definition) is 2. The van der Waals surface area contributed by atoms with Crippen LogP contribution in [-0.4, -0.2) is 13.7 Å². The van der Waals surface area contributed by atoms with Crippen molar-refractivity contribution in [3.05, 3.63) is 35.9 Å². The molecule has 0 heterocycles. The molecule has 0 aromatic heterocycles. The van der Waals surface area contributed by atoms with Gasteiger partial charge in [0.25, 0.3) is 0 Å². The molecule has 18 heavy (non-hydrogen) atoms. The summed E-state index contributed by atoms with van der Waals surface area (Å²) in [4.78, 5) is 0. The molecule has 1 aromatic rings. The van der Waals surface area contributed by atoms with Crippen molar-refractivity contribution in [3.63, 3.8) is 0 Å². The Labute approximate surface area is 111 Å². The Bertz CT molecular complexity index is 383. The molecule has 0 aliphatic rings. The van der Waals surface area contributed by atoms with Crippen LogP contribution in [0.25, 0.3) is 0 Å². The molecule has 0 aliphatic carbocycles. The van der Waals surface area contributed by atoms with Crippen LogP contribution in [0.1, 0.15) is 45.1 Å². The van der Waals surface area contributed by atoms with Gasteiger partial charge in [0, 0.05) is 0 Å². The van der Waals surface area contributed by atoms with Crippen LogP contribution in [0.15, 0.2) is 30.4 Å². The van der Waals surface area contributed by atoms with E-state index in [1.807, 2.05) is 13.0 Å². The van der Waals surface area contributed by atoms with E-state index in [0.29, 0.717) is 12.5 Å². The molecule has 0 amide bonds. The van der Waals surface area contributed by atoms with Crippen molar-refractivity contribution >= 4 is 0 Å². The summed E-state index contributed by atoms with van der Waals surface area (Å²) in [5.41, 5.74) is 1.32. The minimum Gasteiger partial charge on any atom is -0.493 e. The van der Waals surface area contributed by atoms with Gasteiger partial charge in [0.2, 0.25) is 0 Å². The first-order valence-electron chi connectivity index (χ1n) is 6.68. The molecule has 1 aromatic carbocycles. The van der Waals surface area contributed by atoms with E-state index >= 15 is 0 Å². The second-order valence-electron chi connectivity index (χ2n) is 4.25. The summed E-state index contributed by atoms with van der Waals surface area (Å²) in [6, 6.07) is 6.25. The molecule has 2 heteroatoms. The van der Waals surface area contributed by atoms with Crippen LogP contribution < -0.4 is 9.47 Å². The van der Waals surface area contributed by atoms with Gasteiger partial charge in [-0.2, -0.15) is 0 Å². The van der Waals surface area contributed by atoms with Crippen LogP contribution in [-0.2, 0) is 0 Å². The van der Waals surface area contributed by atoms with E-state index in [2.05, 4.69) is 38.1 Å². The SMILES string of the molecule is C/C=C\CC(CC)c1ccc(OCC)c(OC)c1. The minimum atomic E-state index is 0.547. The maximum absolute atomic E-state index is 5.54. The van der Waals surface area contributed by atoms with Crippen LogP contribution in [0.5, 0.6) is 11.5 Å². The lowest BCUT2D eigenvalue weighted by Crippen LogP contribution is -2.00. The minimum absolute atomic E-state index is 0.547. The second kappa shape index (κ2) is 7.80. The van der Waals surface area contributed by atoms with E-state index in [0.717, 1.165) is 24.3 Å². The standard InChI is InChI=1S/C16H24O2/c1-5-8-9-13(6-2)14-10-11-15(18-7-3)16(12-14)17-4/h5,8,10-13H,6-7,9H2,1-4H3/b8-5-. The molecular weight excluding hydrogens is 224 g/mol. The van der Waals surface area contributed by atoms with Gasteiger partial charge in [-0.1, -0.05) is 25.1 Å². The quantitative estimate of drug-likeness (QED) is 0.659. The molecule has 0 radical (unpaired) electrons. The van der Waals surface area contributed by atoms with E-state index in [9.17, 15) is 0 Å². The normalized spacial score (nSPS) is 12.7. The van der Waals surface area contributed by atoms with Gasteiger partial charge in [-0.15, -0.1) is 0 Å². The van der Waals surface area contributed by atoms with Crippen molar-refractivity contribution < 1.29 is 9.47 Å². The topological polar surface area (TPSA) is 18.5 Å². The van der Waals surface area contributed by atoms with E-state index in [-0.39, 0.29) is 0 Å². The Balaban J connectivity index is 2.94. The van der Waals surface area contributed by atoms with Crippen molar-refractivity contribution in [1.82, 2.24) is 0 Å². The van der Waals surface area contributed by atoms with Gasteiger partial charge < -0.3 is 9.47 Å². The zero-order valence-electron chi connectivity index (χ0n) is 11.9. The highest BCUT2D eigenvalue weighted by Gasteiger charge is 2.11. The maximum atomic E-state index is 5.54. The van der Waals surface area contributed by atoms with Gasteiger partial charge in [-0.3, -0.25) is 0 Å². The van der Waals surface area contributed by atoms with Crippen LogP contribution in [0.3, 0.4) is 0 Å². The average molecular weight is 248 g/mol. The summed E-state index contributed by atoms with van der Waals surface area (Å²) in [5, 5.41) is 0. The molecule has 0 fully saturated rings. The third-order valence-electron chi connectivity index (χ3n) is 3.11. The van der Waals surface area contributed by atoms with Crippen molar-refractivity contribution in [2.75, 3.05) is 13.7 Å². The van der Waals surface area contributed by atoms with Crippen LogP contribution in [0, 0.1) is 0 Å².